The van der Waals surface area contributed by atoms with Crippen LogP contribution in [0.4, 0.5) is 0 Å². The van der Waals surface area contributed by atoms with Gasteiger partial charge in [-0.2, -0.15) is 0 Å². The number of carbonyl (C=O) groups is 1. The van der Waals surface area contributed by atoms with Crippen LogP contribution < -0.4 is 10.6 Å². The van der Waals surface area contributed by atoms with Gasteiger partial charge in [0.2, 0.25) is 5.91 Å². The summed E-state index contributed by atoms with van der Waals surface area (Å²) < 4.78 is 5.37. The molecule has 0 bridgehead atoms. The SMILES string of the molecule is COCC1(C(=O)NCC2CCN(Cc3ccccc3Cl)CC2)CCNCC1. The van der Waals surface area contributed by atoms with E-state index in [0.717, 1.165) is 70.0 Å². The minimum absolute atomic E-state index is 0.171. The topological polar surface area (TPSA) is 53.6 Å². The second kappa shape index (κ2) is 9.87. The van der Waals surface area contributed by atoms with Crippen LogP contribution in [0.25, 0.3) is 0 Å². The standard InChI is InChI=1S/C21H32ClN3O2/c1-27-16-21(8-10-23-11-9-21)20(26)24-14-17-6-12-25(13-7-17)15-18-4-2-3-5-19(18)22/h2-5,17,23H,6-16H2,1H3,(H,24,26). The molecule has 2 saturated heterocycles. The number of hydrogen-bond acceptors (Lipinski definition) is 4. The van der Waals surface area contributed by atoms with Crippen molar-refractivity contribution in [2.45, 2.75) is 32.2 Å². The highest BCUT2D eigenvalue weighted by Crippen LogP contribution is 2.30. The van der Waals surface area contributed by atoms with Crippen molar-refractivity contribution < 1.29 is 9.53 Å². The number of benzene rings is 1. The number of carbonyl (C=O) groups excluding carboxylic acids is 1. The molecule has 6 heteroatoms. The third kappa shape index (κ3) is 5.44. The molecule has 27 heavy (non-hydrogen) atoms. The Labute approximate surface area is 167 Å². The molecule has 1 aromatic carbocycles. The van der Waals surface area contributed by atoms with Crippen LogP contribution in [0.2, 0.25) is 5.02 Å². The number of nitrogens with zero attached hydrogens (tertiary/aromatic N) is 1. The number of nitrogens with one attached hydrogen (secondary N) is 2. The van der Waals surface area contributed by atoms with E-state index in [2.05, 4.69) is 21.6 Å². The Hall–Kier alpha value is -1.14. The number of ether oxygens (including phenoxy) is 1. The first kappa shape index (κ1) is 20.6. The normalized spacial score (nSPS) is 21.1. The van der Waals surface area contributed by atoms with E-state index in [-0.39, 0.29) is 11.3 Å². The average molecular weight is 394 g/mol. The van der Waals surface area contributed by atoms with Gasteiger partial charge in [0, 0.05) is 25.2 Å². The lowest BCUT2D eigenvalue weighted by atomic mass is 9.78. The molecule has 0 aliphatic carbocycles. The first-order valence-electron chi connectivity index (χ1n) is 10.1. The van der Waals surface area contributed by atoms with Gasteiger partial charge in [-0.05, 0) is 69.4 Å². The van der Waals surface area contributed by atoms with Gasteiger partial charge in [-0.3, -0.25) is 9.69 Å². The van der Waals surface area contributed by atoms with E-state index >= 15 is 0 Å². The summed E-state index contributed by atoms with van der Waals surface area (Å²) in [6, 6.07) is 8.07. The van der Waals surface area contributed by atoms with Gasteiger partial charge in [0.1, 0.15) is 0 Å². The molecule has 2 aliphatic rings. The Bertz CT molecular complexity index is 606. The molecule has 0 radical (unpaired) electrons. The second-order valence-electron chi connectivity index (χ2n) is 7.98. The van der Waals surface area contributed by atoms with Gasteiger partial charge in [-0.15, -0.1) is 0 Å². The molecule has 2 aliphatic heterocycles. The summed E-state index contributed by atoms with van der Waals surface area (Å²) in [5, 5.41) is 7.42. The van der Waals surface area contributed by atoms with Crippen molar-refractivity contribution in [3.63, 3.8) is 0 Å². The van der Waals surface area contributed by atoms with Gasteiger partial charge in [0.15, 0.2) is 0 Å². The van der Waals surface area contributed by atoms with Crippen molar-refractivity contribution in [2.24, 2.45) is 11.3 Å². The van der Waals surface area contributed by atoms with Crippen LogP contribution in [0.1, 0.15) is 31.2 Å². The second-order valence-corrected chi connectivity index (χ2v) is 8.39. The molecule has 0 spiro atoms. The van der Waals surface area contributed by atoms with Gasteiger partial charge in [0.05, 0.1) is 12.0 Å². The molecule has 0 saturated carbocycles. The summed E-state index contributed by atoms with van der Waals surface area (Å²) in [5.41, 5.74) is 0.837. The molecule has 5 nitrogen and oxygen atoms in total. The largest absolute Gasteiger partial charge is 0.384 e. The lowest BCUT2D eigenvalue weighted by Gasteiger charge is -2.37. The van der Waals surface area contributed by atoms with Crippen LogP contribution >= 0.6 is 11.6 Å². The van der Waals surface area contributed by atoms with E-state index in [0.29, 0.717) is 12.5 Å². The summed E-state index contributed by atoms with van der Waals surface area (Å²) in [4.78, 5) is 15.3. The lowest BCUT2D eigenvalue weighted by Crippen LogP contribution is -2.51. The molecule has 2 fully saturated rings. The Morgan fingerprint density at radius 1 is 1.30 bits per heavy atom. The molecular weight excluding hydrogens is 362 g/mol. The number of likely N-dealkylation sites (tertiary alicyclic amines) is 1. The number of rotatable bonds is 7. The van der Waals surface area contributed by atoms with Crippen molar-refractivity contribution >= 4 is 17.5 Å². The maximum absolute atomic E-state index is 12.9. The zero-order chi connectivity index (χ0) is 19.1. The van der Waals surface area contributed by atoms with Gasteiger partial charge >= 0.3 is 0 Å². The Morgan fingerprint density at radius 2 is 2.00 bits per heavy atom. The van der Waals surface area contributed by atoms with Crippen molar-refractivity contribution in [1.29, 1.82) is 0 Å². The number of halogens is 1. The van der Waals surface area contributed by atoms with Gasteiger partial charge in [-0.1, -0.05) is 29.8 Å². The molecule has 1 amide bonds. The smallest absolute Gasteiger partial charge is 0.228 e. The molecule has 1 aromatic rings. The highest BCUT2D eigenvalue weighted by atomic mass is 35.5. The summed E-state index contributed by atoms with van der Waals surface area (Å²) in [5.74, 6) is 0.724. The molecule has 0 aromatic heterocycles. The van der Waals surface area contributed by atoms with Crippen molar-refractivity contribution in [1.82, 2.24) is 15.5 Å². The first-order valence-corrected chi connectivity index (χ1v) is 10.4. The quantitative estimate of drug-likeness (QED) is 0.747. The number of hydrogen-bond donors (Lipinski definition) is 2. The molecule has 2 heterocycles. The predicted octanol–water partition coefficient (Wildman–Crippen LogP) is 2.68. The Morgan fingerprint density at radius 3 is 2.67 bits per heavy atom. The lowest BCUT2D eigenvalue weighted by molar-refractivity contribution is -0.136. The third-order valence-corrected chi connectivity index (χ3v) is 6.44. The van der Waals surface area contributed by atoms with Gasteiger partial charge in [0.25, 0.3) is 0 Å². The van der Waals surface area contributed by atoms with Crippen molar-refractivity contribution in [3.05, 3.63) is 34.9 Å². The molecule has 0 unspecified atom stereocenters. The molecule has 0 atom stereocenters. The molecule has 150 valence electrons. The van der Waals surface area contributed by atoms with Crippen molar-refractivity contribution in [3.8, 4) is 0 Å². The van der Waals surface area contributed by atoms with E-state index < -0.39 is 0 Å². The van der Waals surface area contributed by atoms with Crippen LogP contribution in [-0.4, -0.2) is 57.2 Å². The summed E-state index contributed by atoms with van der Waals surface area (Å²) in [6.45, 7) is 6.07. The highest BCUT2D eigenvalue weighted by molar-refractivity contribution is 6.31. The fourth-order valence-corrected chi connectivity index (χ4v) is 4.45. The van der Waals surface area contributed by atoms with E-state index in [1.54, 1.807) is 7.11 Å². The minimum atomic E-state index is -0.356. The maximum Gasteiger partial charge on any atom is 0.228 e. The monoisotopic (exact) mass is 393 g/mol. The Kier molecular flexibility index (Phi) is 7.53. The van der Waals surface area contributed by atoms with Crippen LogP contribution in [0.5, 0.6) is 0 Å². The summed E-state index contributed by atoms with van der Waals surface area (Å²) in [7, 11) is 1.69. The van der Waals surface area contributed by atoms with Crippen LogP contribution in [0.15, 0.2) is 24.3 Å². The Balaban J connectivity index is 1.43. The zero-order valence-corrected chi connectivity index (χ0v) is 17.1. The van der Waals surface area contributed by atoms with E-state index in [9.17, 15) is 4.79 Å². The number of amides is 1. The highest BCUT2D eigenvalue weighted by Gasteiger charge is 2.39. The maximum atomic E-state index is 12.9. The predicted molar refractivity (Wildman–Crippen MR) is 109 cm³/mol. The van der Waals surface area contributed by atoms with Gasteiger partial charge in [-0.25, -0.2) is 0 Å². The average Bonchev–Trinajstić information content (AvgIpc) is 2.70. The van der Waals surface area contributed by atoms with Crippen molar-refractivity contribution in [2.75, 3.05) is 46.4 Å². The molecular formula is C21H32ClN3O2. The molecule has 3 rings (SSSR count). The number of methoxy groups -OCH3 is 1. The van der Waals surface area contributed by atoms with Crippen LogP contribution in [-0.2, 0) is 16.1 Å². The van der Waals surface area contributed by atoms with E-state index in [1.807, 2.05) is 18.2 Å². The van der Waals surface area contributed by atoms with Crippen LogP contribution in [0, 0.1) is 11.3 Å². The van der Waals surface area contributed by atoms with Crippen LogP contribution in [0.3, 0.4) is 0 Å². The fourth-order valence-electron chi connectivity index (χ4n) is 4.26. The van der Waals surface area contributed by atoms with E-state index in [1.165, 1.54) is 5.56 Å². The van der Waals surface area contributed by atoms with E-state index in [4.69, 9.17) is 16.3 Å². The third-order valence-electron chi connectivity index (χ3n) is 6.07. The first-order chi connectivity index (χ1) is 13.1. The molecule has 2 N–H and O–H groups in total. The summed E-state index contributed by atoms with van der Waals surface area (Å²) >= 11 is 6.28. The minimum Gasteiger partial charge on any atom is -0.384 e. The van der Waals surface area contributed by atoms with Gasteiger partial charge < -0.3 is 15.4 Å². The number of piperidine rings is 2. The summed E-state index contributed by atoms with van der Waals surface area (Å²) in [6.07, 6.45) is 3.93. The zero-order valence-electron chi connectivity index (χ0n) is 16.3. The fraction of sp³-hybridized carbons (Fsp3) is 0.667.